The lowest BCUT2D eigenvalue weighted by Gasteiger charge is -2.19. The van der Waals surface area contributed by atoms with E-state index in [1.165, 1.54) is 5.70 Å². The molecule has 3 aromatic rings. The predicted octanol–water partition coefficient (Wildman–Crippen LogP) is 6.26. The van der Waals surface area contributed by atoms with Crippen LogP contribution in [0.15, 0.2) is 84.7 Å². The Morgan fingerprint density at radius 3 is 2.42 bits per heavy atom. The van der Waals surface area contributed by atoms with Gasteiger partial charge in [-0.3, -0.25) is 4.79 Å². The first-order valence-electron chi connectivity index (χ1n) is 11.6. The molecule has 3 aromatic carbocycles. The summed E-state index contributed by atoms with van der Waals surface area (Å²) in [6.45, 7) is 6.38. The van der Waals surface area contributed by atoms with Gasteiger partial charge >= 0.3 is 0 Å². The molecule has 170 valence electrons. The van der Waals surface area contributed by atoms with Crippen molar-refractivity contribution in [2.24, 2.45) is 0 Å². The van der Waals surface area contributed by atoms with Crippen molar-refractivity contribution in [3.8, 4) is 22.6 Å². The standard InChI is InChI=1S/C28H31N3O2/c1-3-31(4-2)28(32)22-12-15-25(16-13-22)33-27-19-23(21-9-6-5-7-10-21)14-17-26(27)30-20-24-11-8-18-29-24/h5-7,9-10,12-17,19-20,29-30H,3-4,8,11,18H2,1-2H3/b24-20-. The summed E-state index contributed by atoms with van der Waals surface area (Å²) < 4.78 is 6.30. The molecule has 5 nitrogen and oxygen atoms in total. The van der Waals surface area contributed by atoms with Crippen LogP contribution in [0.4, 0.5) is 5.69 Å². The third-order valence-electron chi connectivity index (χ3n) is 5.85. The number of ether oxygens (including phenoxy) is 1. The second kappa shape index (κ2) is 10.7. The van der Waals surface area contributed by atoms with Gasteiger partial charge in [0.1, 0.15) is 5.75 Å². The molecule has 1 amide bonds. The third kappa shape index (κ3) is 5.55. The molecular formula is C28H31N3O2. The van der Waals surface area contributed by atoms with Crippen LogP contribution >= 0.6 is 0 Å². The van der Waals surface area contributed by atoms with Crippen LogP contribution in [-0.2, 0) is 0 Å². The molecule has 33 heavy (non-hydrogen) atoms. The van der Waals surface area contributed by atoms with Crippen LogP contribution in [0.3, 0.4) is 0 Å². The van der Waals surface area contributed by atoms with E-state index >= 15 is 0 Å². The Morgan fingerprint density at radius 1 is 1.00 bits per heavy atom. The van der Waals surface area contributed by atoms with Gasteiger partial charge < -0.3 is 20.3 Å². The van der Waals surface area contributed by atoms with Crippen molar-refractivity contribution in [1.82, 2.24) is 10.2 Å². The van der Waals surface area contributed by atoms with Gasteiger partial charge in [0.2, 0.25) is 0 Å². The molecule has 0 unspecified atom stereocenters. The van der Waals surface area contributed by atoms with E-state index in [1.54, 1.807) is 0 Å². The molecule has 0 radical (unpaired) electrons. The van der Waals surface area contributed by atoms with E-state index in [2.05, 4.69) is 28.8 Å². The number of carbonyl (C=O) groups is 1. The van der Waals surface area contributed by atoms with Gasteiger partial charge in [-0.2, -0.15) is 0 Å². The van der Waals surface area contributed by atoms with Gasteiger partial charge in [-0.15, -0.1) is 0 Å². The summed E-state index contributed by atoms with van der Waals surface area (Å²) >= 11 is 0. The second-order valence-electron chi connectivity index (χ2n) is 8.03. The van der Waals surface area contributed by atoms with E-state index in [0.29, 0.717) is 24.4 Å². The third-order valence-corrected chi connectivity index (χ3v) is 5.85. The van der Waals surface area contributed by atoms with Crippen LogP contribution in [0, 0.1) is 0 Å². The van der Waals surface area contributed by atoms with Crippen molar-refractivity contribution in [2.75, 3.05) is 25.0 Å². The lowest BCUT2D eigenvalue weighted by Crippen LogP contribution is -2.30. The van der Waals surface area contributed by atoms with E-state index in [0.717, 1.165) is 42.0 Å². The number of hydrogen-bond acceptors (Lipinski definition) is 4. The van der Waals surface area contributed by atoms with Crippen LogP contribution in [0.1, 0.15) is 37.0 Å². The lowest BCUT2D eigenvalue weighted by molar-refractivity contribution is 0.0773. The number of allylic oxidation sites excluding steroid dienone is 1. The molecule has 0 aromatic heterocycles. The highest BCUT2D eigenvalue weighted by Gasteiger charge is 2.13. The first-order valence-corrected chi connectivity index (χ1v) is 11.6. The minimum Gasteiger partial charge on any atom is -0.455 e. The second-order valence-corrected chi connectivity index (χ2v) is 8.03. The van der Waals surface area contributed by atoms with Crippen molar-refractivity contribution in [3.63, 3.8) is 0 Å². The molecule has 1 saturated heterocycles. The van der Waals surface area contributed by atoms with Crippen LogP contribution in [0.5, 0.6) is 11.5 Å². The Kier molecular flexibility index (Phi) is 7.30. The zero-order chi connectivity index (χ0) is 23.0. The van der Waals surface area contributed by atoms with Crippen LogP contribution < -0.4 is 15.4 Å². The summed E-state index contributed by atoms with van der Waals surface area (Å²) in [6, 6.07) is 23.8. The highest BCUT2D eigenvalue weighted by Crippen LogP contribution is 2.34. The highest BCUT2D eigenvalue weighted by molar-refractivity contribution is 5.94. The summed E-state index contributed by atoms with van der Waals surface area (Å²) in [4.78, 5) is 14.4. The smallest absolute Gasteiger partial charge is 0.253 e. The maximum Gasteiger partial charge on any atom is 0.253 e. The summed E-state index contributed by atoms with van der Waals surface area (Å²) in [5.74, 6) is 1.45. The van der Waals surface area contributed by atoms with Gasteiger partial charge in [0, 0.05) is 37.1 Å². The zero-order valence-electron chi connectivity index (χ0n) is 19.3. The van der Waals surface area contributed by atoms with Crippen molar-refractivity contribution in [1.29, 1.82) is 0 Å². The van der Waals surface area contributed by atoms with E-state index in [1.807, 2.05) is 79.5 Å². The quantitative estimate of drug-likeness (QED) is 0.433. The molecule has 5 heteroatoms. The SMILES string of the molecule is CCN(CC)C(=O)c1ccc(Oc2cc(-c3ccccc3)ccc2N/C=C2/CCCN2)cc1. The minimum atomic E-state index is 0.0377. The summed E-state index contributed by atoms with van der Waals surface area (Å²) in [7, 11) is 0. The summed E-state index contributed by atoms with van der Waals surface area (Å²) in [5.41, 5.74) is 4.96. The monoisotopic (exact) mass is 441 g/mol. The van der Waals surface area contributed by atoms with E-state index in [-0.39, 0.29) is 5.91 Å². The molecule has 2 N–H and O–H groups in total. The normalized spacial score (nSPS) is 14.1. The molecule has 0 aliphatic carbocycles. The maximum atomic E-state index is 12.6. The number of amides is 1. The number of nitrogens with zero attached hydrogens (tertiary/aromatic N) is 1. The maximum absolute atomic E-state index is 12.6. The fourth-order valence-corrected chi connectivity index (χ4v) is 3.93. The number of nitrogens with one attached hydrogen (secondary N) is 2. The fourth-order valence-electron chi connectivity index (χ4n) is 3.93. The van der Waals surface area contributed by atoms with Crippen molar-refractivity contribution in [3.05, 3.63) is 90.3 Å². The number of rotatable bonds is 8. The number of carbonyl (C=O) groups excluding carboxylic acids is 1. The Labute approximate surface area is 196 Å². The number of hydrogen-bond donors (Lipinski definition) is 2. The molecule has 1 aliphatic rings. The fraction of sp³-hybridized carbons (Fsp3) is 0.250. The lowest BCUT2D eigenvalue weighted by atomic mass is 10.0. The molecule has 0 bridgehead atoms. The molecule has 0 saturated carbocycles. The van der Waals surface area contributed by atoms with Gasteiger partial charge in [0.15, 0.2) is 5.75 Å². The van der Waals surface area contributed by atoms with E-state index in [4.69, 9.17) is 4.74 Å². The first kappa shape index (κ1) is 22.5. The Morgan fingerprint density at radius 2 is 1.76 bits per heavy atom. The Hall–Kier alpha value is -3.73. The molecule has 1 fully saturated rings. The van der Waals surface area contributed by atoms with E-state index < -0.39 is 0 Å². The number of anilines is 1. The van der Waals surface area contributed by atoms with E-state index in [9.17, 15) is 4.79 Å². The largest absolute Gasteiger partial charge is 0.455 e. The van der Waals surface area contributed by atoms with Crippen LogP contribution in [0.25, 0.3) is 11.1 Å². The van der Waals surface area contributed by atoms with Gasteiger partial charge in [0.05, 0.1) is 5.69 Å². The molecular weight excluding hydrogens is 410 g/mol. The predicted molar refractivity (Wildman–Crippen MR) is 135 cm³/mol. The average molecular weight is 442 g/mol. The molecule has 1 aliphatic heterocycles. The molecule has 0 atom stereocenters. The van der Waals surface area contributed by atoms with Gasteiger partial charge in [-0.1, -0.05) is 36.4 Å². The number of benzene rings is 3. The molecule has 4 rings (SSSR count). The summed E-state index contributed by atoms with van der Waals surface area (Å²) in [5, 5.41) is 6.79. The topological polar surface area (TPSA) is 53.6 Å². The van der Waals surface area contributed by atoms with Gasteiger partial charge in [-0.25, -0.2) is 0 Å². The molecule has 1 heterocycles. The van der Waals surface area contributed by atoms with Crippen molar-refractivity contribution >= 4 is 11.6 Å². The Balaban J connectivity index is 1.60. The molecule has 0 spiro atoms. The Bertz CT molecular complexity index is 1100. The van der Waals surface area contributed by atoms with Crippen molar-refractivity contribution in [2.45, 2.75) is 26.7 Å². The van der Waals surface area contributed by atoms with Gasteiger partial charge in [0.25, 0.3) is 5.91 Å². The first-order chi connectivity index (χ1) is 16.2. The minimum absolute atomic E-state index is 0.0377. The van der Waals surface area contributed by atoms with Gasteiger partial charge in [-0.05, 0) is 74.2 Å². The van der Waals surface area contributed by atoms with Crippen LogP contribution in [0.2, 0.25) is 0 Å². The summed E-state index contributed by atoms with van der Waals surface area (Å²) in [6.07, 6.45) is 4.22. The highest BCUT2D eigenvalue weighted by atomic mass is 16.5. The van der Waals surface area contributed by atoms with Crippen molar-refractivity contribution < 1.29 is 9.53 Å². The van der Waals surface area contributed by atoms with Crippen LogP contribution in [-0.4, -0.2) is 30.4 Å². The zero-order valence-corrected chi connectivity index (χ0v) is 19.3. The average Bonchev–Trinajstić information content (AvgIpc) is 3.39.